The lowest BCUT2D eigenvalue weighted by molar-refractivity contribution is 0.162. The number of aryl methyl sites for hydroxylation is 1. The van der Waals surface area contributed by atoms with Gasteiger partial charge in [-0.05, 0) is 50.0 Å². The van der Waals surface area contributed by atoms with Crippen LogP contribution < -0.4 is 5.56 Å². The molecule has 1 fully saturated rings. The van der Waals surface area contributed by atoms with E-state index in [4.69, 9.17) is 0 Å². The fraction of sp³-hybridized carbons (Fsp3) is 0.400. The first-order valence-electron chi connectivity index (χ1n) is 9.35. The summed E-state index contributed by atoms with van der Waals surface area (Å²) in [4.78, 5) is 23.1. The maximum Gasteiger partial charge on any atom is 0.266 e. The first kappa shape index (κ1) is 17.6. The summed E-state index contributed by atoms with van der Waals surface area (Å²) in [5.41, 5.74) is 2.86. The van der Waals surface area contributed by atoms with Crippen LogP contribution in [0, 0.1) is 5.92 Å². The van der Waals surface area contributed by atoms with Gasteiger partial charge in [-0.25, -0.2) is 9.67 Å². The Kier molecular flexibility index (Phi) is 5.11. The summed E-state index contributed by atoms with van der Waals surface area (Å²) < 4.78 is 3.60. The highest BCUT2D eigenvalue weighted by molar-refractivity contribution is 5.56. The lowest BCUT2D eigenvalue weighted by Crippen LogP contribution is -2.36. The van der Waals surface area contributed by atoms with E-state index >= 15 is 0 Å². The van der Waals surface area contributed by atoms with Gasteiger partial charge in [-0.2, -0.15) is 5.10 Å². The highest BCUT2D eigenvalue weighted by Crippen LogP contribution is 2.20. The second kappa shape index (κ2) is 7.84. The molecule has 1 saturated heterocycles. The Balaban J connectivity index is 1.38. The van der Waals surface area contributed by atoms with Gasteiger partial charge in [0.25, 0.3) is 5.56 Å². The maximum absolute atomic E-state index is 12.3. The molecule has 0 N–H and O–H groups in total. The van der Waals surface area contributed by atoms with Crippen LogP contribution in [0.2, 0.25) is 0 Å². The summed E-state index contributed by atoms with van der Waals surface area (Å²) in [7, 11) is 1.99. The summed E-state index contributed by atoms with van der Waals surface area (Å²) in [5, 5.41) is 4.58. The Labute approximate surface area is 158 Å². The van der Waals surface area contributed by atoms with Crippen LogP contribution >= 0.6 is 0 Å². The van der Waals surface area contributed by atoms with Crippen LogP contribution in [0.15, 0.2) is 54.0 Å². The Morgan fingerprint density at radius 3 is 2.59 bits per heavy atom. The molecule has 0 aliphatic carbocycles. The fourth-order valence-electron chi connectivity index (χ4n) is 3.61. The third-order valence-electron chi connectivity index (χ3n) is 5.12. The minimum Gasteiger partial charge on any atom is -0.340 e. The molecule has 4 rings (SSSR count). The average Bonchev–Trinajstić information content (AvgIpc) is 3.10. The van der Waals surface area contributed by atoms with E-state index in [0.29, 0.717) is 12.5 Å². The molecule has 4 heterocycles. The van der Waals surface area contributed by atoms with Crippen molar-refractivity contribution in [2.75, 3.05) is 13.1 Å². The zero-order valence-electron chi connectivity index (χ0n) is 15.5. The SMILES string of the molecule is Cn1cnc(CN2CCC(Cn3nc(-c4ccncc4)ccc3=O)CC2)c1. The minimum absolute atomic E-state index is 0.0382. The van der Waals surface area contributed by atoms with Crippen molar-refractivity contribution in [3.8, 4) is 11.3 Å². The van der Waals surface area contributed by atoms with Crippen LogP contribution in [0.1, 0.15) is 18.5 Å². The van der Waals surface area contributed by atoms with Gasteiger partial charge in [-0.15, -0.1) is 0 Å². The van der Waals surface area contributed by atoms with Gasteiger partial charge in [-0.3, -0.25) is 14.7 Å². The first-order valence-corrected chi connectivity index (χ1v) is 9.35. The number of hydrogen-bond donors (Lipinski definition) is 0. The zero-order valence-corrected chi connectivity index (χ0v) is 15.5. The predicted molar refractivity (Wildman–Crippen MR) is 103 cm³/mol. The van der Waals surface area contributed by atoms with E-state index < -0.39 is 0 Å². The number of imidazole rings is 1. The van der Waals surface area contributed by atoms with E-state index in [9.17, 15) is 4.79 Å². The van der Waals surface area contributed by atoms with Crippen LogP contribution in [0.3, 0.4) is 0 Å². The summed E-state index contributed by atoms with van der Waals surface area (Å²) in [6.07, 6.45) is 9.53. The van der Waals surface area contributed by atoms with Crippen molar-refractivity contribution >= 4 is 0 Å². The van der Waals surface area contributed by atoms with Crippen molar-refractivity contribution in [3.63, 3.8) is 0 Å². The summed E-state index contributed by atoms with van der Waals surface area (Å²) in [6.45, 7) is 3.62. The topological polar surface area (TPSA) is 68.8 Å². The third-order valence-corrected chi connectivity index (χ3v) is 5.12. The highest BCUT2D eigenvalue weighted by Gasteiger charge is 2.21. The van der Waals surface area contributed by atoms with E-state index in [0.717, 1.165) is 49.4 Å². The molecule has 0 amide bonds. The molecule has 0 spiro atoms. The normalized spacial score (nSPS) is 15.9. The lowest BCUT2D eigenvalue weighted by atomic mass is 9.96. The highest BCUT2D eigenvalue weighted by atomic mass is 16.1. The van der Waals surface area contributed by atoms with Crippen molar-refractivity contribution in [2.45, 2.75) is 25.9 Å². The Morgan fingerprint density at radius 1 is 1.11 bits per heavy atom. The van der Waals surface area contributed by atoms with Crippen LogP contribution in [0.4, 0.5) is 0 Å². The van der Waals surface area contributed by atoms with Crippen molar-refractivity contribution in [1.82, 2.24) is 29.2 Å². The van der Waals surface area contributed by atoms with Gasteiger partial charge in [0.2, 0.25) is 0 Å². The summed E-state index contributed by atoms with van der Waals surface area (Å²) >= 11 is 0. The quantitative estimate of drug-likeness (QED) is 0.692. The smallest absolute Gasteiger partial charge is 0.266 e. The van der Waals surface area contributed by atoms with E-state index in [2.05, 4.69) is 26.2 Å². The molecule has 0 saturated carbocycles. The Hall–Kier alpha value is -2.80. The van der Waals surface area contributed by atoms with Crippen molar-refractivity contribution in [3.05, 3.63) is 65.2 Å². The summed E-state index contributed by atoms with van der Waals surface area (Å²) in [6, 6.07) is 7.21. The molecule has 3 aromatic heterocycles. The van der Waals surface area contributed by atoms with E-state index in [1.165, 1.54) is 0 Å². The molecule has 140 valence electrons. The standard InChI is InChI=1S/C20H24N6O/c1-24-13-18(22-15-24)14-25-10-6-16(7-11-25)12-26-20(27)3-2-19(23-26)17-4-8-21-9-5-17/h2-5,8-9,13,15-16H,6-7,10-12,14H2,1H3. The van der Waals surface area contributed by atoms with Crippen LogP contribution in [0.5, 0.6) is 0 Å². The van der Waals surface area contributed by atoms with E-state index in [-0.39, 0.29) is 5.56 Å². The van der Waals surface area contributed by atoms with E-state index in [1.54, 1.807) is 29.2 Å². The molecule has 0 unspecified atom stereocenters. The number of hydrogen-bond acceptors (Lipinski definition) is 5. The average molecular weight is 364 g/mol. The molecule has 7 nitrogen and oxygen atoms in total. The number of nitrogens with zero attached hydrogens (tertiary/aromatic N) is 6. The predicted octanol–water partition coefficient (Wildman–Crippen LogP) is 1.95. The molecular formula is C20H24N6O. The molecule has 0 aromatic carbocycles. The van der Waals surface area contributed by atoms with Gasteiger partial charge in [0.1, 0.15) is 0 Å². The number of piperidine rings is 1. The van der Waals surface area contributed by atoms with Gasteiger partial charge in [0.05, 0.1) is 17.7 Å². The number of likely N-dealkylation sites (tertiary alicyclic amines) is 1. The minimum atomic E-state index is -0.0382. The molecule has 1 aliphatic heterocycles. The molecule has 1 aliphatic rings. The van der Waals surface area contributed by atoms with Crippen LogP contribution in [0.25, 0.3) is 11.3 Å². The lowest BCUT2D eigenvalue weighted by Gasteiger charge is -2.31. The molecular weight excluding hydrogens is 340 g/mol. The van der Waals surface area contributed by atoms with Gasteiger partial charge in [0, 0.05) is 50.4 Å². The summed E-state index contributed by atoms with van der Waals surface area (Å²) in [5.74, 6) is 0.475. The number of aromatic nitrogens is 5. The van der Waals surface area contributed by atoms with Gasteiger partial charge in [-0.1, -0.05) is 0 Å². The maximum atomic E-state index is 12.3. The van der Waals surface area contributed by atoms with Crippen molar-refractivity contribution < 1.29 is 0 Å². The Bertz CT molecular complexity index is 940. The zero-order chi connectivity index (χ0) is 18.6. The molecule has 0 radical (unpaired) electrons. The van der Waals surface area contributed by atoms with Crippen molar-refractivity contribution in [1.29, 1.82) is 0 Å². The molecule has 27 heavy (non-hydrogen) atoms. The van der Waals surface area contributed by atoms with Gasteiger partial charge >= 0.3 is 0 Å². The molecule has 0 bridgehead atoms. The van der Waals surface area contributed by atoms with Gasteiger partial charge in [0.15, 0.2) is 0 Å². The molecule has 7 heteroatoms. The van der Waals surface area contributed by atoms with Gasteiger partial charge < -0.3 is 4.57 Å². The van der Waals surface area contributed by atoms with E-state index in [1.807, 2.05) is 30.1 Å². The third kappa shape index (κ3) is 4.31. The Morgan fingerprint density at radius 2 is 1.89 bits per heavy atom. The fourth-order valence-corrected chi connectivity index (χ4v) is 3.61. The van der Waals surface area contributed by atoms with Crippen molar-refractivity contribution in [2.24, 2.45) is 13.0 Å². The van der Waals surface area contributed by atoms with Crippen LogP contribution in [-0.2, 0) is 20.1 Å². The van der Waals surface area contributed by atoms with Crippen LogP contribution in [-0.4, -0.2) is 42.3 Å². The number of pyridine rings is 1. The second-order valence-corrected chi connectivity index (χ2v) is 7.22. The largest absolute Gasteiger partial charge is 0.340 e. The first-order chi connectivity index (χ1) is 13.2. The number of rotatable bonds is 5. The molecule has 0 atom stereocenters. The monoisotopic (exact) mass is 364 g/mol. The second-order valence-electron chi connectivity index (χ2n) is 7.22. The molecule has 3 aromatic rings.